The monoisotopic (exact) mass is 832 g/mol. The molecule has 4 saturated heterocycles. The number of carbonyl (C=O) groups is 2. The highest BCUT2D eigenvalue weighted by molar-refractivity contribution is 7.47. The summed E-state index contributed by atoms with van der Waals surface area (Å²) < 4.78 is 57.1. The molecule has 10 atom stereocenters. The van der Waals surface area contributed by atoms with E-state index in [2.05, 4.69) is 13.8 Å². The molecule has 0 aromatic rings. The number of unbranched alkanes of at least 4 members (excludes halogenated alkanes) is 14. The van der Waals surface area contributed by atoms with E-state index >= 15 is 0 Å². The Hall–Kier alpha value is -1.15. The molecule has 1 N–H and O–H groups in total. The Kier molecular flexibility index (Phi) is 22.9. The van der Waals surface area contributed by atoms with Crippen LogP contribution in [0.5, 0.6) is 0 Å². The van der Waals surface area contributed by atoms with Crippen LogP contribution in [0, 0.1) is 0 Å². The highest BCUT2D eigenvalue weighted by atomic mass is 31.2. The molecule has 0 amide bonds. The number of carbonyl (C=O) groups excluding carboxylic acids is 2. The number of nitrogens with zero attached hydrogens (tertiary/aromatic N) is 1. The van der Waals surface area contributed by atoms with Crippen molar-refractivity contribution < 1.29 is 56.5 Å². The number of rotatable bonds is 38. The van der Waals surface area contributed by atoms with Crippen LogP contribution >= 0.6 is 7.82 Å². The van der Waals surface area contributed by atoms with E-state index in [9.17, 15) is 19.0 Å². The minimum Gasteiger partial charge on any atom is -0.462 e. The molecule has 10 unspecified atom stereocenters. The van der Waals surface area contributed by atoms with Crippen LogP contribution in [0.1, 0.15) is 168 Å². The summed E-state index contributed by atoms with van der Waals surface area (Å²) >= 11 is 0. The zero-order valence-corrected chi connectivity index (χ0v) is 36.7. The molecule has 332 valence electrons. The van der Waals surface area contributed by atoms with Crippen molar-refractivity contribution in [3.63, 3.8) is 0 Å². The molecule has 0 radical (unpaired) electrons. The number of ether oxygens (including phenoxy) is 6. The Labute approximate surface area is 343 Å². The third-order valence-corrected chi connectivity index (χ3v) is 12.5. The molecule has 0 spiro atoms. The lowest BCUT2D eigenvalue weighted by molar-refractivity contribution is -0.161. The van der Waals surface area contributed by atoms with Crippen molar-refractivity contribution in [1.82, 2.24) is 4.90 Å². The van der Waals surface area contributed by atoms with E-state index in [1.807, 2.05) is 14.1 Å². The van der Waals surface area contributed by atoms with Gasteiger partial charge in [-0.25, -0.2) is 4.57 Å². The number of hydrogen-bond acceptors (Lipinski definition) is 12. The van der Waals surface area contributed by atoms with E-state index in [0.717, 1.165) is 38.5 Å². The second kappa shape index (κ2) is 26.9. The maximum absolute atomic E-state index is 12.8. The standard InChI is InChI=1S/C43H78NO12P/c1-5-7-9-10-11-12-13-14-15-16-17-18-20-24-42(45)49-31-33(32-51-57(47,48)50-27-26-44(3)4)52-43(46)25-21-23-35-37(54-35)29-39-41(56-39)30-40-38(55-40)28-36-34(53-36)22-19-8-6-2/h33-41H,5-32H2,1-4H3,(H,47,48). The lowest BCUT2D eigenvalue weighted by atomic mass is 10.0. The van der Waals surface area contributed by atoms with Gasteiger partial charge in [-0.05, 0) is 39.8 Å². The van der Waals surface area contributed by atoms with Crippen LogP contribution in [0.15, 0.2) is 0 Å². The average molecular weight is 832 g/mol. The summed E-state index contributed by atoms with van der Waals surface area (Å²) in [6.45, 7) is 4.18. The summed E-state index contributed by atoms with van der Waals surface area (Å²) in [7, 11) is -0.765. The van der Waals surface area contributed by atoms with E-state index in [1.165, 1.54) is 89.9 Å². The molecule has 13 nitrogen and oxygen atoms in total. The van der Waals surface area contributed by atoms with Gasteiger partial charge in [0.1, 0.15) is 6.61 Å². The van der Waals surface area contributed by atoms with E-state index in [0.29, 0.717) is 37.7 Å². The second-order valence-corrected chi connectivity index (χ2v) is 18.6. The average Bonchev–Trinajstić information content (AvgIpc) is 4.01. The Balaban J connectivity index is 1.04. The van der Waals surface area contributed by atoms with Crippen molar-refractivity contribution in [2.75, 3.05) is 40.5 Å². The Bertz CT molecular complexity index is 1180. The Morgan fingerprint density at radius 1 is 0.579 bits per heavy atom. The summed E-state index contributed by atoms with van der Waals surface area (Å²) in [5.74, 6) is -0.890. The molecule has 4 aliphatic heterocycles. The van der Waals surface area contributed by atoms with Crippen molar-refractivity contribution in [2.24, 2.45) is 0 Å². The number of epoxide rings is 4. The minimum absolute atomic E-state index is 0.0115. The van der Waals surface area contributed by atoms with Crippen LogP contribution in [0.3, 0.4) is 0 Å². The van der Waals surface area contributed by atoms with Gasteiger partial charge < -0.3 is 38.2 Å². The number of likely N-dealkylation sites (N-methyl/N-ethyl adjacent to an activating group) is 1. The largest absolute Gasteiger partial charge is 0.472 e. The number of phosphoric ester groups is 1. The van der Waals surface area contributed by atoms with Gasteiger partial charge >= 0.3 is 19.8 Å². The lowest BCUT2D eigenvalue weighted by Gasteiger charge is -2.20. The lowest BCUT2D eigenvalue weighted by Crippen LogP contribution is -2.29. The molecule has 57 heavy (non-hydrogen) atoms. The van der Waals surface area contributed by atoms with Crippen LogP contribution in [-0.4, -0.2) is 117 Å². The van der Waals surface area contributed by atoms with Crippen molar-refractivity contribution in [2.45, 2.75) is 223 Å². The first-order valence-corrected chi connectivity index (χ1v) is 24.3. The van der Waals surface area contributed by atoms with Gasteiger partial charge in [-0.1, -0.05) is 110 Å². The predicted molar refractivity (Wildman–Crippen MR) is 218 cm³/mol. The quantitative estimate of drug-likeness (QED) is 0.0273. The van der Waals surface area contributed by atoms with Crippen molar-refractivity contribution >= 4 is 19.8 Å². The smallest absolute Gasteiger partial charge is 0.462 e. The third kappa shape index (κ3) is 22.3. The molecule has 14 heteroatoms. The van der Waals surface area contributed by atoms with Crippen LogP contribution in [-0.2, 0) is 51.6 Å². The van der Waals surface area contributed by atoms with Gasteiger partial charge in [0.25, 0.3) is 0 Å². The summed E-state index contributed by atoms with van der Waals surface area (Å²) in [4.78, 5) is 37.3. The number of phosphoric acid groups is 1. The molecule has 4 rings (SSSR count). The number of hydrogen-bond donors (Lipinski definition) is 1. The van der Waals surface area contributed by atoms with Gasteiger partial charge in [0.2, 0.25) is 0 Å². The number of esters is 2. The summed E-state index contributed by atoms with van der Waals surface area (Å²) in [6, 6.07) is 0. The van der Waals surface area contributed by atoms with Gasteiger partial charge in [-0.15, -0.1) is 0 Å². The molecular formula is C43H78NO12P. The fourth-order valence-electron chi connectivity index (χ4n) is 7.66. The van der Waals surface area contributed by atoms with Gasteiger partial charge in [0.05, 0.1) is 62.0 Å². The maximum atomic E-state index is 12.8. The summed E-state index contributed by atoms with van der Waals surface area (Å²) in [6.07, 6.45) is 26.2. The van der Waals surface area contributed by atoms with Crippen molar-refractivity contribution in [1.29, 1.82) is 0 Å². The molecule has 0 aliphatic carbocycles. The second-order valence-electron chi connectivity index (χ2n) is 17.1. The fraction of sp³-hybridized carbons (Fsp3) is 0.953. The highest BCUT2D eigenvalue weighted by Crippen LogP contribution is 2.45. The summed E-state index contributed by atoms with van der Waals surface area (Å²) in [5, 5.41) is 0. The third-order valence-electron chi connectivity index (χ3n) is 11.5. The molecule has 0 bridgehead atoms. The molecule has 0 aromatic heterocycles. The van der Waals surface area contributed by atoms with Crippen LogP contribution in [0.2, 0.25) is 0 Å². The van der Waals surface area contributed by atoms with Crippen LogP contribution in [0.25, 0.3) is 0 Å². The molecular weight excluding hydrogens is 753 g/mol. The van der Waals surface area contributed by atoms with E-state index in [-0.39, 0.29) is 56.6 Å². The Morgan fingerprint density at radius 3 is 1.54 bits per heavy atom. The van der Waals surface area contributed by atoms with Gasteiger partial charge in [0.15, 0.2) is 6.10 Å². The minimum atomic E-state index is -4.40. The molecule has 4 aliphatic rings. The zero-order valence-electron chi connectivity index (χ0n) is 35.8. The van der Waals surface area contributed by atoms with Gasteiger partial charge in [0, 0.05) is 38.6 Å². The molecule has 4 heterocycles. The normalized spacial score (nSPS) is 27.5. The molecule has 4 fully saturated rings. The van der Waals surface area contributed by atoms with Crippen LogP contribution < -0.4 is 0 Å². The van der Waals surface area contributed by atoms with E-state index in [4.69, 9.17) is 37.5 Å². The van der Waals surface area contributed by atoms with Crippen molar-refractivity contribution in [3.05, 3.63) is 0 Å². The predicted octanol–water partition coefficient (Wildman–Crippen LogP) is 8.61. The first-order valence-electron chi connectivity index (χ1n) is 22.8. The first-order chi connectivity index (χ1) is 27.6. The SMILES string of the molecule is CCCCCCCCCCCCCCCC(=O)OCC(COP(=O)(O)OCCN(C)C)OC(=O)CCCC1OC1CC1OC1CC1OC1CC1OC1CCCCC. The summed E-state index contributed by atoms with van der Waals surface area (Å²) in [5.41, 5.74) is 0. The van der Waals surface area contributed by atoms with E-state index in [1.54, 1.807) is 4.90 Å². The zero-order chi connectivity index (χ0) is 40.9. The fourth-order valence-corrected chi connectivity index (χ4v) is 8.40. The topological polar surface area (TPSA) is 162 Å². The molecule has 0 aromatic carbocycles. The molecule has 0 saturated carbocycles. The van der Waals surface area contributed by atoms with E-state index < -0.39 is 32.5 Å². The van der Waals surface area contributed by atoms with Crippen molar-refractivity contribution in [3.8, 4) is 0 Å². The highest BCUT2D eigenvalue weighted by Gasteiger charge is 2.53. The van der Waals surface area contributed by atoms with Gasteiger partial charge in [-0.2, -0.15) is 0 Å². The maximum Gasteiger partial charge on any atom is 0.472 e. The Morgan fingerprint density at radius 2 is 1.02 bits per heavy atom. The van der Waals surface area contributed by atoms with Crippen LogP contribution in [0.4, 0.5) is 0 Å². The first kappa shape index (κ1) is 48.5. The van der Waals surface area contributed by atoms with Gasteiger partial charge in [-0.3, -0.25) is 18.6 Å².